The number of nitrogens with zero attached hydrogens (tertiary/aromatic N) is 5. The molecule has 45 heavy (non-hydrogen) atoms. The lowest BCUT2D eigenvalue weighted by atomic mass is 10.0. The fourth-order valence-corrected chi connectivity index (χ4v) is 5.59. The molecule has 0 saturated heterocycles. The number of hydrogen-bond donors (Lipinski definition) is 2. The van der Waals surface area contributed by atoms with Gasteiger partial charge in [0.05, 0.1) is 17.0 Å². The van der Waals surface area contributed by atoms with Crippen molar-refractivity contribution in [1.82, 2.24) is 24.2 Å². The second-order valence-electron chi connectivity index (χ2n) is 10.7. The molecule has 0 radical (unpaired) electrons. The first-order chi connectivity index (χ1) is 21.8. The van der Waals surface area contributed by atoms with Gasteiger partial charge in [0.2, 0.25) is 0 Å². The molecule has 1 atom stereocenters. The van der Waals surface area contributed by atoms with E-state index in [0.29, 0.717) is 33.5 Å². The summed E-state index contributed by atoms with van der Waals surface area (Å²) in [6.07, 6.45) is 4.96. The van der Waals surface area contributed by atoms with Crippen molar-refractivity contribution >= 4 is 45.4 Å². The van der Waals surface area contributed by atoms with Crippen molar-refractivity contribution in [2.45, 2.75) is 13.0 Å². The Balaban J connectivity index is 1.47. The number of aromatic nitrogens is 4. The van der Waals surface area contributed by atoms with Crippen LogP contribution in [-0.2, 0) is 14.1 Å². The number of rotatable bonds is 6. The van der Waals surface area contributed by atoms with Crippen molar-refractivity contribution in [2.75, 3.05) is 5.73 Å². The van der Waals surface area contributed by atoms with Crippen molar-refractivity contribution in [3.63, 3.8) is 0 Å². The summed E-state index contributed by atoms with van der Waals surface area (Å²) in [5.74, 6) is 6.45. The maximum atomic E-state index is 14.4. The zero-order valence-corrected chi connectivity index (χ0v) is 25.2. The molecule has 3 aromatic heterocycles. The fraction of sp³-hybridized carbons (Fsp3) is 0.111. The van der Waals surface area contributed by atoms with Gasteiger partial charge in [-0.2, -0.15) is 5.10 Å². The molecule has 3 aromatic carbocycles. The molecule has 0 aliphatic heterocycles. The van der Waals surface area contributed by atoms with Crippen LogP contribution in [0.25, 0.3) is 27.4 Å². The minimum Gasteiger partial charge on any atom is -0.381 e. The van der Waals surface area contributed by atoms with E-state index in [1.807, 2.05) is 97.5 Å². The second kappa shape index (κ2) is 11.9. The molecule has 1 unspecified atom stereocenters. The van der Waals surface area contributed by atoms with Crippen molar-refractivity contribution in [3.8, 4) is 17.5 Å². The van der Waals surface area contributed by atoms with Crippen LogP contribution in [0.15, 0.2) is 108 Å². The predicted molar refractivity (Wildman–Crippen MR) is 180 cm³/mol. The van der Waals surface area contributed by atoms with Gasteiger partial charge in [-0.3, -0.25) is 14.2 Å². The average Bonchev–Trinajstić information content (AvgIpc) is 3.52. The van der Waals surface area contributed by atoms with Crippen LogP contribution >= 0.6 is 0 Å². The molecule has 6 aromatic rings. The highest BCUT2D eigenvalue weighted by Crippen LogP contribution is 2.27. The Morgan fingerprint density at radius 3 is 2.53 bits per heavy atom. The molecule has 0 fully saturated rings. The van der Waals surface area contributed by atoms with Crippen LogP contribution in [0, 0.1) is 11.8 Å². The summed E-state index contributed by atoms with van der Waals surface area (Å²) in [7, 11) is 3.65. The Morgan fingerprint density at radius 2 is 1.76 bits per heavy atom. The molecule has 0 aliphatic carbocycles. The molecule has 1 amide bonds. The number of allylic oxidation sites excluding steroid dienone is 1. The molecule has 9 heteroatoms. The van der Waals surface area contributed by atoms with E-state index >= 15 is 0 Å². The van der Waals surface area contributed by atoms with Crippen molar-refractivity contribution in [2.24, 2.45) is 19.1 Å². The third-order valence-electron chi connectivity index (χ3n) is 7.68. The van der Waals surface area contributed by atoms with Crippen LogP contribution in [0.3, 0.4) is 0 Å². The van der Waals surface area contributed by atoms with E-state index < -0.39 is 11.9 Å². The molecule has 222 valence electrons. The van der Waals surface area contributed by atoms with Gasteiger partial charge >= 0.3 is 0 Å². The van der Waals surface area contributed by atoms with E-state index in [9.17, 15) is 9.59 Å². The van der Waals surface area contributed by atoms with Crippen molar-refractivity contribution in [3.05, 3.63) is 130 Å². The standard InChI is InChI=1S/C36H31N7O2/c1-5-20-38-34-32(33(37)40-42(34)4)35(44)39-23(2)30-21-25-13-11-12-24(31(25)36(45)43(30)27-14-7-6-8-15-27)18-19-26-22-41(3)29-17-10-9-16-28(26)29/h5-17,20-23H,1H2,2-4H3,(H2,37,40)(H,39,44)/b38-20-. The molecule has 9 nitrogen and oxygen atoms in total. The van der Waals surface area contributed by atoms with Crippen molar-refractivity contribution < 1.29 is 4.79 Å². The number of benzene rings is 3. The van der Waals surface area contributed by atoms with Gasteiger partial charge in [0.15, 0.2) is 11.6 Å². The number of anilines is 1. The quantitative estimate of drug-likeness (QED) is 0.194. The highest BCUT2D eigenvalue weighted by Gasteiger charge is 2.25. The van der Waals surface area contributed by atoms with Gasteiger partial charge < -0.3 is 15.6 Å². The van der Waals surface area contributed by atoms with E-state index in [0.717, 1.165) is 16.5 Å². The maximum Gasteiger partial charge on any atom is 0.264 e. The number of para-hydroxylation sites is 2. The molecular weight excluding hydrogens is 562 g/mol. The summed E-state index contributed by atoms with van der Waals surface area (Å²) in [4.78, 5) is 32.2. The van der Waals surface area contributed by atoms with Gasteiger partial charge in [0.1, 0.15) is 5.56 Å². The van der Waals surface area contributed by atoms with E-state index in [4.69, 9.17) is 5.73 Å². The largest absolute Gasteiger partial charge is 0.381 e. The van der Waals surface area contributed by atoms with E-state index in [2.05, 4.69) is 39.9 Å². The zero-order valence-electron chi connectivity index (χ0n) is 25.2. The predicted octanol–water partition coefficient (Wildman–Crippen LogP) is 5.58. The lowest BCUT2D eigenvalue weighted by Crippen LogP contribution is -2.32. The van der Waals surface area contributed by atoms with Crippen LogP contribution in [0.4, 0.5) is 11.6 Å². The number of aryl methyl sites for hydroxylation is 2. The lowest BCUT2D eigenvalue weighted by Gasteiger charge is -2.21. The Bertz CT molecular complexity index is 2260. The van der Waals surface area contributed by atoms with Crippen LogP contribution < -0.4 is 16.6 Å². The lowest BCUT2D eigenvalue weighted by molar-refractivity contribution is 0.0940. The number of amides is 1. The fourth-order valence-electron chi connectivity index (χ4n) is 5.59. The Kier molecular flexibility index (Phi) is 7.63. The van der Waals surface area contributed by atoms with Crippen LogP contribution in [0.1, 0.15) is 40.1 Å². The van der Waals surface area contributed by atoms with E-state index in [-0.39, 0.29) is 16.9 Å². The topological polar surface area (TPSA) is 112 Å². The Morgan fingerprint density at radius 1 is 1.02 bits per heavy atom. The molecule has 0 bridgehead atoms. The number of nitrogens with two attached hydrogens (primary N) is 1. The summed E-state index contributed by atoms with van der Waals surface area (Å²) < 4.78 is 5.10. The first kappa shape index (κ1) is 29.0. The highest BCUT2D eigenvalue weighted by atomic mass is 16.2. The maximum absolute atomic E-state index is 14.4. The molecule has 0 spiro atoms. The van der Waals surface area contributed by atoms with Crippen molar-refractivity contribution in [1.29, 1.82) is 0 Å². The van der Waals surface area contributed by atoms with Gasteiger partial charge in [0, 0.05) is 54.4 Å². The zero-order chi connectivity index (χ0) is 31.7. The van der Waals surface area contributed by atoms with Crippen LogP contribution in [-0.4, -0.2) is 31.0 Å². The monoisotopic (exact) mass is 593 g/mol. The molecule has 3 N–H and O–H groups in total. The van der Waals surface area contributed by atoms with Crippen LogP contribution in [0.5, 0.6) is 0 Å². The van der Waals surface area contributed by atoms with Crippen LogP contribution in [0.2, 0.25) is 0 Å². The summed E-state index contributed by atoms with van der Waals surface area (Å²) in [5, 5.41) is 9.43. The highest BCUT2D eigenvalue weighted by molar-refractivity contribution is 6.03. The first-order valence-corrected chi connectivity index (χ1v) is 14.4. The van der Waals surface area contributed by atoms with E-state index in [1.165, 1.54) is 17.0 Å². The number of fused-ring (bicyclic) bond motifs is 2. The van der Waals surface area contributed by atoms with Gasteiger partial charge in [-0.25, -0.2) is 9.67 Å². The van der Waals surface area contributed by atoms with E-state index in [1.54, 1.807) is 11.6 Å². The normalized spacial score (nSPS) is 11.9. The number of carbonyl (C=O) groups is 1. The number of nitrogens with one attached hydrogen (secondary N) is 1. The minimum absolute atomic E-state index is 0.0479. The summed E-state index contributed by atoms with van der Waals surface area (Å²) in [6.45, 7) is 5.46. The third-order valence-corrected chi connectivity index (χ3v) is 7.68. The number of carbonyl (C=O) groups excluding carboxylic acids is 1. The molecule has 6 rings (SSSR count). The molecule has 0 aliphatic rings. The molecule has 0 saturated carbocycles. The van der Waals surface area contributed by atoms with Gasteiger partial charge in [0.25, 0.3) is 11.5 Å². The summed E-state index contributed by atoms with van der Waals surface area (Å²) >= 11 is 0. The SMILES string of the molecule is C=C/C=N\c1c(C(=O)NC(C)c2cc3cccc(C#Cc4cn(C)c5ccccc45)c3c(=O)n2-c2ccccc2)c(N)nn1C. The average molecular weight is 594 g/mol. The molecule has 3 heterocycles. The Labute approximate surface area is 259 Å². The van der Waals surface area contributed by atoms with Gasteiger partial charge in [-0.1, -0.05) is 73.0 Å². The minimum atomic E-state index is -0.601. The Hall–Kier alpha value is -6.14. The number of aliphatic imine (C=N–C) groups is 1. The van der Waals surface area contributed by atoms with Gasteiger partial charge in [-0.05, 0) is 42.6 Å². The third kappa shape index (κ3) is 5.30. The smallest absolute Gasteiger partial charge is 0.264 e. The number of nitrogen functional groups attached to an aromatic ring is 1. The number of hydrogen-bond acceptors (Lipinski definition) is 5. The first-order valence-electron chi connectivity index (χ1n) is 14.4. The molecular formula is C36H31N7O2. The van der Waals surface area contributed by atoms with Gasteiger partial charge in [-0.15, -0.1) is 0 Å². The second-order valence-corrected chi connectivity index (χ2v) is 10.7. The summed E-state index contributed by atoms with van der Waals surface area (Å²) in [6, 6.07) is 24.4. The number of pyridine rings is 1. The summed E-state index contributed by atoms with van der Waals surface area (Å²) in [5.41, 5.74) is 9.84.